The number of carbonyl (C=O) groups is 2. The zero-order valence-electron chi connectivity index (χ0n) is 15.1. The minimum absolute atomic E-state index is 0.0232. The first-order valence-electron chi connectivity index (χ1n) is 8.51. The highest BCUT2D eigenvalue weighted by atomic mass is 35.5. The summed E-state index contributed by atoms with van der Waals surface area (Å²) in [7, 11) is 1.51. The van der Waals surface area contributed by atoms with Gasteiger partial charge in [0.2, 0.25) is 0 Å². The van der Waals surface area contributed by atoms with E-state index in [2.05, 4.69) is 0 Å². The number of halogens is 1. The van der Waals surface area contributed by atoms with Gasteiger partial charge in [0, 0.05) is 40.1 Å². The second-order valence-electron chi connectivity index (χ2n) is 6.04. The number of carbonyl (C=O) groups excluding carboxylic acids is 2. The number of hydrogen-bond donors (Lipinski definition) is 0. The largest absolute Gasteiger partial charge is 0.497 e. The van der Waals surface area contributed by atoms with E-state index in [1.54, 1.807) is 42.5 Å². The third-order valence-corrected chi connectivity index (χ3v) is 4.40. The Kier molecular flexibility index (Phi) is 6.11. The topological polar surface area (TPSA) is 82.8 Å². The van der Waals surface area contributed by atoms with Gasteiger partial charge < -0.3 is 13.9 Å². The van der Waals surface area contributed by atoms with Gasteiger partial charge in [-0.05, 0) is 36.4 Å². The van der Waals surface area contributed by atoms with Crippen molar-refractivity contribution in [2.24, 2.45) is 0 Å². The number of esters is 1. The lowest BCUT2D eigenvalue weighted by atomic mass is 10.1. The lowest BCUT2D eigenvalue weighted by Gasteiger charge is -2.08. The number of benzene rings is 2. The Morgan fingerprint density at radius 1 is 1.04 bits per heavy atom. The Morgan fingerprint density at radius 3 is 2.50 bits per heavy atom. The van der Waals surface area contributed by atoms with Gasteiger partial charge >= 0.3 is 11.6 Å². The molecule has 0 radical (unpaired) electrons. The van der Waals surface area contributed by atoms with Gasteiger partial charge in [0.05, 0.1) is 13.5 Å². The van der Waals surface area contributed by atoms with Gasteiger partial charge in [-0.15, -0.1) is 0 Å². The van der Waals surface area contributed by atoms with Crippen molar-refractivity contribution >= 4 is 34.3 Å². The van der Waals surface area contributed by atoms with Crippen LogP contribution in [0.4, 0.5) is 0 Å². The molecule has 0 aliphatic rings. The first-order valence-corrected chi connectivity index (χ1v) is 8.89. The van der Waals surface area contributed by atoms with Crippen LogP contribution in [0.2, 0.25) is 5.02 Å². The highest BCUT2D eigenvalue weighted by molar-refractivity contribution is 6.30. The van der Waals surface area contributed by atoms with E-state index in [4.69, 9.17) is 25.5 Å². The summed E-state index contributed by atoms with van der Waals surface area (Å²) in [5.41, 5.74) is 0.796. The van der Waals surface area contributed by atoms with Crippen molar-refractivity contribution in [1.29, 1.82) is 0 Å². The van der Waals surface area contributed by atoms with Gasteiger partial charge in [-0.25, -0.2) is 4.79 Å². The van der Waals surface area contributed by atoms with Crippen molar-refractivity contribution in [2.75, 3.05) is 7.11 Å². The number of hydrogen-bond acceptors (Lipinski definition) is 6. The number of ketones is 1. The molecule has 2 aromatic carbocycles. The zero-order valence-corrected chi connectivity index (χ0v) is 15.8. The Bertz CT molecular complexity index is 1070. The molecule has 1 heterocycles. The third-order valence-electron chi connectivity index (χ3n) is 4.15. The maximum atomic E-state index is 12.1. The van der Waals surface area contributed by atoms with E-state index in [9.17, 15) is 14.4 Å². The molecule has 0 aliphatic carbocycles. The van der Waals surface area contributed by atoms with Crippen molar-refractivity contribution in [3.8, 4) is 5.75 Å². The van der Waals surface area contributed by atoms with Crippen LogP contribution in [0.25, 0.3) is 11.0 Å². The normalized spacial score (nSPS) is 10.6. The van der Waals surface area contributed by atoms with E-state index in [0.29, 0.717) is 32.9 Å². The van der Waals surface area contributed by atoms with Crippen LogP contribution >= 0.6 is 11.6 Å². The predicted molar refractivity (Wildman–Crippen MR) is 104 cm³/mol. The molecule has 0 unspecified atom stereocenters. The Balaban J connectivity index is 1.62. The summed E-state index contributed by atoms with van der Waals surface area (Å²) in [6.07, 6.45) is -0.0377. The van der Waals surface area contributed by atoms with Crippen molar-refractivity contribution < 1.29 is 23.5 Å². The maximum Gasteiger partial charge on any atom is 0.336 e. The fourth-order valence-corrected chi connectivity index (χ4v) is 2.81. The Morgan fingerprint density at radius 2 is 1.79 bits per heavy atom. The Hall–Kier alpha value is -3.12. The maximum absolute atomic E-state index is 12.1. The van der Waals surface area contributed by atoms with E-state index in [-0.39, 0.29) is 25.2 Å². The molecule has 0 N–H and O–H groups in total. The van der Waals surface area contributed by atoms with Gasteiger partial charge in [-0.1, -0.05) is 11.6 Å². The molecule has 0 saturated carbocycles. The summed E-state index contributed by atoms with van der Waals surface area (Å²) >= 11 is 5.79. The smallest absolute Gasteiger partial charge is 0.336 e. The second kappa shape index (κ2) is 8.71. The van der Waals surface area contributed by atoms with E-state index < -0.39 is 11.6 Å². The van der Waals surface area contributed by atoms with Crippen LogP contribution < -0.4 is 10.4 Å². The second-order valence-corrected chi connectivity index (χ2v) is 6.48. The SMILES string of the molecule is COc1ccc2c(COC(=O)CCC(=O)c3ccc(Cl)cc3)cc(=O)oc2c1. The molecule has 28 heavy (non-hydrogen) atoms. The van der Waals surface area contributed by atoms with Gasteiger partial charge in [0.25, 0.3) is 0 Å². The number of methoxy groups -OCH3 is 1. The molecule has 0 amide bonds. The molecule has 3 rings (SSSR count). The summed E-state index contributed by atoms with van der Waals surface area (Å²) in [6.45, 7) is -0.0948. The van der Waals surface area contributed by atoms with E-state index in [1.807, 2.05) is 0 Å². The molecule has 0 bridgehead atoms. The molecule has 1 aromatic heterocycles. The summed E-state index contributed by atoms with van der Waals surface area (Å²) in [5.74, 6) is -0.158. The van der Waals surface area contributed by atoms with E-state index in [1.165, 1.54) is 13.2 Å². The molecule has 0 saturated heterocycles. The molecule has 7 heteroatoms. The standard InChI is InChI=1S/C21H17ClO6/c1-26-16-6-7-17-14(10-21(25)28-19(17)11-16)12-27-20(24)9-8-18(23)13-2-4-15(22)5-3-13/h2-7,10-11H,8-9,12H2,1H3. The predicted octanol–water partition coefficient (Wildman–Crippen LogP) is 4.16. The highest BCUT2D eigenvalue weighted by Gasteiger charge is 2.12. The van der Waals surface area contributed by atoms with Gasteiger partial charge in [-0.2, -0.15) is 0 Å². The molecular formula is C21H17ClO6. The van der Waals surface area contributed by atoms with Crippen LogP contribution in [0.15, 0.2) is 57.7 Å². The lowest BCUT2D eigenvalue weighted by Crippen LogP contribution is -2.10. The minimum atomic E-state index is -0.551. The molecule has 144 valence electrons. The first kappa shape index (κ1) is 19.6. The van der Waals surface area contributed by atoms with Gasteiger partial charge in [0.15, 0.2) is 5.78 Å². The Labute approximate surface area is 165 Å². The van der Waals surface area contributed by atoms with E-state index >= 15 is 0 Å². The molecule has 0 aliphatic heterocycles. The summed E-state index contributed by atoms with van der Waals surface area (Å²) in [6, 6.07) is 12.8. The van der Waals surface area contributed by atoms with Crippen LogP contribution in [-0.2, 0) is 16.1 Å². The average molecular weight is 401 g/mol. The molecule has 0 fully saturated rings. The first-order chi connectivity index (χ1) is 13.5. The summed E-state index contributed by atoms with van der Waals surface area (Å²) in [4.78, 5) is 35.9. The lowest BCUT2D eigenvalue weighted by molar-refractivity contribution is -0.144. The monoisotopic (exact) mass is 400 g/mol. The van der Waals surface area contributed by atoms with Crippen LogP contribution in [0.5, 0.6) is 5.75 Å². The molecule has 0 atom stereocenters. The van der Waals surface area contributed by atoms with Crippen LogP contribution in [0, 0.1) is 0 Å². The molecule has 0 spiro atoms. The number of Topliss-reactive ketones (excluding diaryl/α,β-unsaturated/α-hetero) is 1. The number of fused-ring (bicyclic) bond motifs is 1. The summed E-state index contributed by atoms with van der Waals surface area (Å²) in [5, 5.41) is 1.18. The summed E-state index contributed by atoms with van der Waals surface area (Å²) < 4.78 is 15.5. The third kappa shape index (κ3) is 4.78. The zero-order chi connectivity index (χ0) is 20.1. The fourth-order valence-electron chi connectivity index (χ4n) is 2.68. The molecule has 6 nitrogen and oxygen atoms in total. The van der Waals surface area contributed by atoms with Crippen molar-refractivity contribution in [3.05, 3.63) is 75.1 Å². The molecular weight excluding hydrogens is 384 g/mol. The van der Waals surface area contributed by atoms with Crippen LogP contribution in [0.3, 0.4) is 0 Å². The quantitative estimate of drug-likeness (QED) is 0.336. The number of ether oxygens (including phenoxy) is 2. The fraction of sp³-hybridized carbons (Fsp3) is 0.190. The molecule has 3 aromatic rings. The van der Waals surface area contributed by atoms with Crippen LogP contribution in [-0.4, -0.2) is 18.9 Å². The van der Waals surface area contributed by atoms with Gasteiger partial charge in [-0.3, -0.25) is 9.59 Å². The highest BCUT2D eigenvalue weighted by Crippen LogP contribution is 2.23. The number of rotatable bonds is 7. The van der Waals surface area contributed by atoms with Crippen molar-refractivity contribution in [1.82, 2.24) is 0 Å². The van der Waals surface area contributed by atoms with Gasteiger partial charge in [0.1, 0.15) is 17.9 Å². The minimum Gasteiger partial charge on any atom is -0.497 e. The average Bonchev–Trinajstić information content (AvgIpc) is 2.70. The van der Waals surface area contributed by atoms with Crippen molar-refractivity contribution in [2.45, 2.75) is 19.4 Å². The van der Waals surface area contributed by atoms with Crippen molar-refractivity contribution in [3.63, 3.8) is 0 Å². The van der Waals surface area contributed by atoms with E-state index in [0.717, 1.165) is 0 Å². The van der Waals surface area contributed by atoms with Crippen LogP contribution in [0.1, 0.15) is 28.8 Å².